The molecule has 0 N–H and O–H groups in total. The number of methoxy groups -OCH3 is 1. The second-order valence-corrected chi connectivity index (χ2v) is 4.61. The van der Waals surface area contributed by atoms with Crippen LogP contribution in [0.15, 0.2) is 24.4 Å². The molecule has 0 amide bonds. The van der Waals surface area contributed by atoms with Gasteiger partial charge >= 0.3 is 0 Å². The van der Waals surface area contributed by atoms with Crippen molar-refractivity contribution in [1.29, 1.82) is 0 Å². The quantitative estimate of drug-likeness (QED) is 0.698. The largest absolute Gasteiger partial charge is 0.377 e. The van der Waals surface area contributed by atoms with Crippen molar-refractivity contribution in [2.24, 2.45) is 0 Å². The molecule has 21 heavy (non-hydrogen) atoms. The van der Waals surface area contributed by atoms with E-state index >= 15 is 0 Å². The fourth-order valence-electron chi connectivity index (χ4n) is 1.94. The molecule has 0 spiro atoms. The van der Waals surface area contributed by atoms with E-state index in [0.717, 1.165) is 12.1 Å². The summed E-state index contributed by atoms with van der Waals surface area (Å²) in [6, 6.07) is 3.20. The molecule has 0 aliphatic heterocycles. The van der Waals surface area contributed by atoms with Crippen LogP contribution in [0.5, 0.6) is 0 Å². The van der Waals surface area contributed by atoms with Crippen molar-refractivity contribution in [2.45, 2.75) is 6.61 Å². The van der Waals surface area contributed by atoms with Crippen molar-refractivity contribution < 1.29 is 13.5 Å². The van der Waals surface area contributed by atoms with Gasteiger partial charge in [0.15, 0.2) is 17.3 Å². The summed E-state index contributed by atoms with van der Waals surface area (Å²) >= 11 is 6.05. The number of ether oxygens (including phenoxy) is 1. The summed E-state index contributed by atoms with van der Waals surface area (Å²) in [5, 5.41) is 4.71. The first-order valence-electron chi connectivity index (χ1n) is 5.94. The minimum absolute atomic E-state index is 0.0736. The highest BCUT2D eigenvalue weighted by atomic mass is 35.5. The van der Waals surface area contributed by atoms with E-state index in [0.29, 0.717) is 16.9 Å². The number of hydrogen-bond donors (Lipinski definition) is 0. The average Bonchev–Trinajstić information content (AvgIpc) is 2.83. The Hall–Kier alpha value is -2.12. The van der Waals surface area contributed by atoms with E-state index < -0.39 is 11.6 Å². The highest BCUT2D eigenvalue weighted by molar-refractivity contribution is 6.33. The van der Waals surface area contributed by atoms with Crippen molar-refractivity contribution in [3.63, 3.8) is 0 Å². The molecule has 0 saturated heterocycles. The minimum atomic E-state index is -0.747. The van der Waals surface area contributed by atoms with Crippen LogP contribution in [0.2, 0.25) is 5.15 Å². The third-order valence-corrected chi connectivity index (χ3v) is 3.13. The normalized spacial score (nSPS) is 11.2. The van der Waals surface area contributed by atoms with Crippen LogP contribution in [0, 0.1) is 11.6 Å². The van der Waals surface area contributed by atoms with Gasteiger partial charge in [-0.05, 0) is 12.1 Å². The first-order chi connectivity index (χ1) is 10.1. The van der Waals surface area contributed by atoms with Crippen LogP contribution >= 0.6 is 11.6 Å². The Morgan fingerprint density at radius 2 is 2.10 bits per heavy atom. The molecule has 0 saturated carbocycles. The smallest absolute Gasteiger partial charge is 0.168 e. The van der Waals surface area contributed by atoms with E-state index in [1.165, 1.54) is 24.1 Å². The lowest BCUT2D eigenvalue weighted by Gasteiger charge is -2.06. The monoisotopic (exact) mass is 310 g/mol. The van der Waals surface area contributed by atoms with Gasteiger partial charge in [0.25, 0.3) is 0 Å². The van der Waals surface area contributed by atoms with Crippen LogP contribution < -0.4 is 0 Å². The van der Waals surface area contributed by atoms with E-state index in [4.69, 9.17) is 16.3 Å². The van der Waals surface area contributed by atoms with Crippen molar-refractivity contribution in [3.05, 3.63) is 47.0 Å². The molecule has 0 unspecified atom stereocenters. The van der Waals surface area contributed by atoms with Crippen molar-refractivity contribution in [1.82, 2.24) is 19.7 Å². The molecule has 0 aliphatic carbocycles. The molecule has 1 aromatic carbocycles. The summed E-state index contributed by atoms with van der Waals surface area (Å²) < 4.78 is 33.1. The topological polar surface area (TPSA) is 52.8 Å². The van der Waals surface area contributed by atoms with E-state index in [-0.39, 0.29) is 17.4 Å². The minimum Gasteiger partial charge on any atom is -0.377 e. The van der Waals surface area contributed by atoms with E-state index in [1.807, 2.05) is 0 Å². The first-order valence-corrected chi connectivity index (χ1v) is 6.32. The maximum absolute atomic E-state index is 13.9. The van der Waals surface area contributed by atoms with Gasteiger partial charge in [-0.1, -0.05) is 11.6 Å². The van der Waals surface area contributed by atoms with E-state index in [2.05, 4.69) is 15.1 Å². The fourth-order valence-corrected chi connectivity index (χ4v) is 2.17. The molecule has 3 aromatic rings. The van der Waals surface area contributed by atoms with Gasteiger partial charge in [0.2, 0.25) is 0 Å². The predicted octanol–water partition coefficient (Wildman–Crippen LogP) is 2.89. The molecule has 5 nitrogen and oxygen atoms in total. The predicted molar refractivity (Wildman–Crippen MR) is 72.3 cm³/mol. The fraction of sp³-hybridized carbons (Fsp3) is 0.154. The zero-order chi connectivity index (χ0) is 15.0. The molecule has 3 rings (SSSR count). The summed E-state index contributed by atoms with van der Waals surface area (Å²) in [6.45, 7) is 0.159. The van der Waals surface area contributed by atoms with Crippen LogP contribution in [-0.4, -0.2) is 26.9 Å². The molecule has 0 bridgehead atoms. The van der Waals surface area contributed by atoms with Crippen molar-refractivity contribution >= 4 is 22.6 Å². The highest BCUT2D eigenvalue weighted by Gasteiger charge is 2.15. The summed E-state index contributed by atoms with van der Waals surface area (Å²) in [5.74, 6) is -1.07. The lowest BCUT2D eigenvalue weighted by atomic mass is 10.3. The van der Waals surface area contributed by atoms with Gasteiger partial charge in [0.05, 0.1) is 11.6 Å². The Morgan fingerprint density at radius 3 is 2.81 bits per heavy atom. The number of aromatic nitrogens is 4. The Kier molecular flexibility index (Phi) is 3.52. The standard InChI is InChI=1S/C13H9ClF2N4O/c1-21-6-11-18-12(14)8-5-17-20(13(8)19-11)10-3-2-7(15)4-9(10)16/h2-5H,6H2,1H3. The third-order valence-electron chi connectivity index (χ3n) is 2.84. The Balaban J connectivity index is 2.23. The Morgan fingerprint density at radius 1 is 1.29 bits per heavy atom. The molecular weight excluding hydrogens is 302 g/mol. The molecule has 0 atom stereocenters. The first kappa shape index (κ1) is 13.8. The van der Waals surface area contributed by atoms with Gasteiger partial charge in [0, 0.05) is 13.2 Å². The van der Waals surface area contributed by atoms with Gasteiger partial charge in [-0.25, -0.2) is 23.4 Å². The number of rotatable bonds is 3. The molecule has 2 aromatic heterocycles. The molecule has 0 aliphatic rings. The molecule has 108 valence electrons. The number of fused-ring (bicyclic) bond motifs is 1. The summed E-state index contributed by atoms with van der Waals surface area (Å²) in [7, 11) is 1.50. The molecule has 2 heterocycles. The molecular formula is C13H9ClF2N4O. The maximum Gasteiger partial charge on any atom is 0.168 e. The second kappa shape index (κ2) is 5.34. The molecule has 8 heteroatoms. The SMILES string of the molecule is COCc1nc(Cl)c2cnn(-c3ccc(F)cc3F)c2n1. The van der Waals surface area contributed by atoms with Crippen molar-refractivity contribution in [2.75, 3.05) is 7.11 Å². The van der Waals surface area contributed by atoms with E-state index in [1.54, 1.807) is 0 Å². The van der Waals surface area contributed by atoms with Crippen LogP contribution in [0.4, 0.5) is 8.78 Å². The summed E-state index contributed by atoms with van der Waals surface area (Å²) in [4.78, 5) is 8.30. The van der Waals surface area contributed by atoms with Gasteiger partial charge in [0.1, 0.15) is 23.3 Å². The maximum atomic E-state index is 13.9. The van der Waals surface area contributed by atoms with E-state index in [9.17, 15) is 8.78 Å². The number of halogens is 3. The molecule has 0 radical (unpaired) electrons. The average molecular weight is 311 g/mol. The number of benzene rings is 1. The van der Waals surface area contributed by atoms with Crippen LogP contribution in [0.25, 0.3) is 16.7 Å². The zero-order valence-corrected chi connectivity index (χ0v) is 11.6. The molecule has 0 fully saturated rings. The lowest BCUT2D eigenvalue weighted by Crippen LogP contribution is -2.04. The Labute approximate surface area is 123 Å². The second-order valence-electron chi connectivity index (χ2n) is 4.25. The van der Waals surface area contributed by atoms with Crippen LogP contribution in [-0.2, 0) is 11.3 Å². The number of hydrogen-bond acceptors (Lipinski definition) is 4. The van der Waals surface area contributed by atoms with Gasteiger partial charge in [-0.2, -0.15) is 5.10 Å². The highest BCUT2D eigenvalue weighted by Crippen LogP contribution is 2.24. The van der Waals surface area contributed by atoms with Crippen LogP contribution in [0.1, 0.15) is 5.82 Å². The lowest BCUT2D eigenvalue weighted by molar-refractivity contribution is 0.178. The van der Waals surface area contributed by atoms with Gasteiger partial charge in [-0.3, -0.25) is 0 Å². The van der Waals surface area contributed by atoms with Crippen molar-refractivity contribution in [3.8, 4) is 5.69 Å². The summed E-state index contributed by atoms with van der Waals surface area (Å²) in [6.07, 6.45) is 1.43. The zero-order valence-electron chi connectivity index (χ0n) is 10.8. The van der Waals surface area contributed by atoms with Crippen LogP contribution in [0.3, 0.4) is 0 Å². The van der Waals surface area contributed by atoms with Gasteiger partial charge in [-0.15, -0.1) is 0 Å². The third kappa shape index (κ3) is 2.45. The number of nitrogens with zero attached hydrogens (tertiary/aromatic N) is 4. The van der Waals surface area contributed by atoms with Gasteiger partial charge < -0.3 is 4.74 Å². The summed E-state index contributed by atoms with van der Waals surface area (Å²) in [5.41, 5.74) is 0.400. The Bertz CT molecular complexity index is 821.